The minimum absolute atomic E-state index is 0.263. The van der Waals surface area contributed by atoms with Gasteiger partial charge in [-0.05, 0) is 31.5 Å². The maximum atomic E-state index is 12.9. The minimum atomic E-state index is -0.539. The number of morpholine rings is 1. The number of nitrogens with zero attached hydrogens (tertiary/aromatic N) is 4. The van der Waals surface area contributed by atoms with E-state index in [1.54, 1.807) is 18.7 Å². The van der Waals surface area contributed by atoms with Crippen LogP contribution < -0.4 is 15.0 Å². The lowest BCUT2D eigenvalue weighted by Gasteiger charge is -2.29. The Morgan fingerprint density at radius 1 is 1.32 bits per heavy atom. The summed E-state index contributed by atoms with van der Waals surface area (Å²) >= 11 is 0. The van der Waals surface area contributed by atoms with Crippen molar-refractivity contribution >= 4 is 17.6 Å². The van der Waals surface area contributed by atoms with Crippen LogP contribution in [-0.4, -0.2) is 55.8 Å². The highest BCUT2D eigenvalue weighted by molar-refractivity contribution is 5.93. The number of rotatable bonds is 5. The Bertz CT molecular complexity index is 1050. The Labute approximate surface area is 180 Å². The van der Waals surface area contributed by atoms with Crippen LogP contribution in [0.4, 0.5) is 11.6 Å². The number of nitrogens with one attached hydrogen (secondary N) is 1. The van der Waals surface area contributed by atoms with Crippen molar-refractivity contribution in [3.05, 3.63) is 46.7 Å². The molecule has 0 spiro atoms. The van der Waals surface area contributed by atoms with Gasteiger partial charge in [-0.15, -0.1) is 0 Å². The number of carbonyl (C=O) groups is 1. The van der Waals surface area contributed by atoms with Crippen LogP contribution in [-0.2, 0) is 14.3 Å². The van der Waals surface area contributed by atoms with Gasteiger partial charge in [-0.1, -0.05) is 12.1 Å². The molecule has 2 aromatic rings. The molecular weight excluding hydrogens is 398 g/mol. The van der Waals surface area contributed by atoms with Crippen LogP contribution in [0, 0.1) is 11.3 Å². The number of hydrogen-bond acceptors (Lipinski definition) is 8. The third kappa shape index (κ3) is 3.70. The molecule has 162 valence electrons. The van der Waals surface area contributed by atoms with Crippen LogP contribution in [0.2, 0.25) is 0 Å². The summed E-state index contributed by atoms with van der Waals surface area (Å²) in [5, 5.41) is 18.0. The molecule has 0 amide bonds. The van der Waals surface area contributed by atoms with Gasteiger partial charge in [-0.2, -0.15) is 10.4 Å². The number of benzene rings is 1. The molecule has 1 aromatic heterocycles. The summed E-state index contributed by atoms with van der Waals surface area (Å²) in [4.78, 5) is 15.0. The number of anilines is 2. The zero-order chi connectivity index (χ0) is 22.0. The van der Waals surface area contributed by atoms with Gasteiger partial charge >= 0.3 is 5.97 Å². The number of fused-ring (bicyclic) bond motifs is 1. The molecular formula is C22H25N5O4. The first-order chi connectivity index (χ1) is 15.1. The van der Waals surface area contributed by atoms with Crippen molar-refractivity contribution in [3.63, 3.8) is 0 Å². The van der Waals surface area contributed by atoms with Crippen LogP contribution in [0.25, 0.3) is 0 Å². The largest absolute Gasteiger partial charge is 0.497 e. The highest BCUT2D eigenvalue weighted by Crippen LogP contribution is 2.41. The second kappa shape index (κ2) is 8.70. The first kappa shape index (κ1) is 20.8. The molecule has 0 radical (unpaired) electrons. The lowest BCUT2D eigenvalue weighted by Crippen LogP contribution is -2.37. The molecule has 2 aliphatic rings. The van der Waals surface area contributed by atoms with E-state index < -0.39 is 12.0 Å². The molecule has 3 heterocycles. The van der Waals surface area contributed by atoms with Gasteiger partial charge in [0, 0.05) is 18.8 Å². The van der Waals surface area contributed by atoms with Crippen molar-refractivity contribution in [2.45, 2.75) is 19.9 Å². The SMILES string of the molecule is CCOC(=O)C1=C(C)Nc2c(C#N)c(N3CCOCC3)nn2[C@H]1c1ccc(OC)cc1. The summed E-state index contributed by atoms with van der Waals surface area (Å²) in [5.41, 5.74) is 2.38. The number of ether oxygens (including phenoxy) is 3. The summed E-state index contributed by atoms with van der Waals surface area (Å²) in [6.45, 7) is 6.30. The average Bonchev–Trinajstić information content (AvgIpc) is 3.17. The first-order valence-electron chi connectivity index (χ1n) is 10.2. The second-order valence-corrected chi connectivity index (χ2v) is 7.26. The van der Waals surface area contributed by atoms with Gasteiger partial charge in [-0.25, -0.2) is 9.48 Å². The van der Waals surface area contributed by atoms with Gasteiger partial charge in [-0.3, -0.25) is 0 Å². The Morgan fingerprint density at radius 3 is 2.65 bits per heavy atom. The molecule has 0 bridgehead atoms. The molecule has 9 nitrogen and oxygen atoms in total. The molecule has 4 rings (SSSR count). The van der Waals surface area contributed by atoms with Crippen molar-refractivity contribution in [1.82, 2.24) is 9.78 Å². The number of hydrogen-bond donors (Lipinski definition) is 1. The van der Waals surface area contributed by atoms with Gasteiger partial charge in [0.1, 0.15) is 29.2 Å². The van der Waals surface area contributed by atoms with Crippen molar-refractivity contribution in [2.24, 2.45) is 0 Å². The predicted octanol–water partition coefficient (Wildman–Crippen LogP) is 2.45. The van der Waals surface area contributed by atoms with Crippen LogP contribution in [0.15, 0.2) is 35.5 Å². The molecule has 0 aliphatic carbocycles. The van der Waals surface area contributed by atoms with E-state index in [-0.39, 0.29) is 6.61 Å². The Kier molecular flexibility index (Phi) is 5.82. The molecule has 1 aromatic carbocycles. The van der Waals surface area contributed by atoms with Crippen LogP contribution in [0.1, 0.15) is 31.0 Å². The maximum absolute atomic E-state index is 12.9. The van der Waals surface area contributed by atoms with Crippen LogP contribution in [0.3, 0.4) is 0 Å². The van der Waals surface area contributed by atoms with Crippen molar-refractivity contribution in [3.8, 4) is 11.8 Å². The summed E-state index contributed by atoms with van der Waals surface area (Å²) < 4.78 is 17.8. The Morgan fingerprint density at radius 2 is 2.03 bits per heavy atom. The topological polar surface area (TPSA) is 102 Å². The van der Waals surface area contributed by atoms with E-state index >= 15 is 0 Å². The quantitative estimate of drug-likeness (QED) is 0.732. The zero-order valence-corrected chi connectivity index (χ0v) is 17.8. The van der Waals surface area contributed by atoms with Gasteiger partial charge in [0.05, 0.1) is 32.5 Å². The number of esters is 1. The molecule has 1 saturated heterocycles. The second-order valence-electron chi connectivity index (χ2n) is 7.26. The van der Waals surface area contributed by atoms with E-state index in [9.17, 15) is 10.1 Å². The zero-order valence-electron chi connectivity index (χ0n) is 17.8. The fourth-order valence-electron chi connectivity index (χ4n) is 3.97. The Hall–Kier alpha value is -3.51. The van der Waals surface area contributed by atoms with Crippen molar-refractivity contribution < 1.29 is 19.0 Å². The molecule has 1 fully saturated rings. The molecule has 2 aliphatic heterocycles. The highest BCUT2D eigenvalue weighted by Gasteiger charge is 2.37. The fourth-order valence-corrected chi connectivity index (χ4v) is 3.97. The van der Waals surface area contributed by atoms with Crippen molar-refractivity contribution in [1.29, 1.82) is 5.26 Å². The Balaban J connectivity index is 1.87. The fraction of sp³-hybridized carbons (Fsp3) is 0.409. The number of aromatic nitrogens is 2. The molecule has 1 N–H and O–H groups in total. The number of carbonyl (C=O) groups excluding carboxylic acids is 1. The third-order valence-corrected chi connectivity index (χ3v) is 5.47. The van der Waals surface area contributed by atoms with Gasteiger partial charge < -0.3 is 24.4 Å². The van der Waals surface area contributed by atoms with E-state index in [1.165, 1.54) is 0 Å². The highest BCUT2D eigenvalue weighted by atomic mass is 16.5. The molecule has 0 unspecified atom stereocenters. The summed E-state index contributed by atoms with van der Waals surface area (Å²) in [5.74, 6) is 1.45. The number of nitriles is 1. The van der Waals surface area contributed by atoms with E-state index in [0.717, 1.165) is 5.56 Å². The van der Waals surface area contributed by atoms with Crippen LogP contribution >= 0.6 is 0 Å². The number of allylic oxidation sites excluding steroid dienone is 1. The average molecular weight is 423 g/mol. The minimum Gasteiger partial charge on any atom is -0.497 e. The van der Waals surface area contributed by atoms with E-state index in [4.69, 9.17) is 19.3 Å². The summed E-state index contributed by atoms with van der Waals surface area (Å²) in [7, 11) is 1.60. The molecule has 9 heteroatoms. The summed E-state index contributed by atoms with van der Waals surface area (Å²) in [6.07, 6.45) is 0. The lowest BCUT2D eigenvalue weighted by atomic mass is 9.95. The predicted molar refractivity (Wildman–Crippen MR) is 114 cm³/mol. The normalized spacial score (nSPS) is 18.1. The lowest BCUT2D eigenvalue weighted by molar-refractivity contribution is -0.139. The summed E-state index contributed by atoms with van der Waals surface area (Å²) in [6, 6.07) is 9.23. The van der Waals surface area contributed by atoms with Gasteiger partial charge in [0.15, 0.2) is 5.82 Å². The maximum Gasteiger partial charge on any atom is 0.338 e. The number of methoxy groups -OCH3 is 1. The van der Waals surface area contributed by atoms with Crippen LogP contribution in [0.5, 0.6) is 5.75 Å². The smallest absolute Gasteiger partial charge is 0.338 e. The van der Waals surface area contributed by atoms with Crippen molar-refractivity contribution in [2.75, 3.05) is 50.2 Å². The monoisotopic (exact) mass is 423 g/mol. The van der Waals surface area contributed by atoms with Gasteiger partial charge in [0.2, 0.25) is 0 Å². The van der Waals surface area contributed by atoms with Gasteiger partial charge in [0.25, 0.3) is 0 Å². The van der Waals surface area contributed by atoms with E-state index in [0.29, 0.717) is 60.5 Å². The molecule has 1 atom stereocenters. The third-order valence-electron chi connectivity index (χ3n) is 5.47. The molecule has 0 saturated carbocycles. The molecule has 31 heavy (non-hydrogen) atoms. The van der Waals surface area contributed by atoms with E-state index in [2.05, 4.69) is 11.4 Å². The first-order valence-corrected chi connectivity index (χ1v) is 10.2. The standard InChI is InChI=1S/C22H25N5O4/c1-4-31-22(28)18-14(2)24-20-17(13-23)21(26-9-11-30-12-10-26)25-27(20)19(18)15-5-7-16(29-3)8-6-15/h5-8,19,24H,4,9-12H2,1-3H3/t19-/m0/s1. The van der Waals surface area contributed by atoms with E-state index in [1.807, 2.05) is 36.1 Å².